The van der Waals surface area contributed by atoms with Gasteiger partial charge in [-0.3, -0.25) is 0 Å². The van der Waals surface area contributed by atoms with Crippen molar-refractivity contribution in [3.63, 3.8) is 0 Å². The van der Waals surface area contributed by atoms with E-state index >= 15 is 0 Å². The molecule has 1 aromatic carbocycles. The summed E-state index contributed by atoms with van der Waals surface area (Å²) in [6, 6.07) is 6.83. The molecule has 18 heavy (non-hydrogen) atoms. The van der Waals surface area contributed by atoms with Crippen LogP contribution in [-0.2, 0) is 9.47 Å². The maximum Gasteiger partial charge on any atom is 0.169 e. The van der Waals surface area contributed by atoms with Crippen LogP contribution in [0.2, 0.25) is 0 Å². The Labute approximate surface area is 107 Å². The van der Waals surface area contributed by atoms with E-state index in [2.05, 4.69) is 0 Å². The third-order valence-corrected chi connectivity index (χ3v) is 4.00. The van der Waals surface area contributed by atoms with Crippen LogP contribution in [0.1, 0.15) is 50.7 Å². The predicted octanol–water partition coefficient (Wildman–Crippen LogP) is 3.96. The third-order valence-electron chi connectivity index (χ3n) is 4.00. The minimum Gasteiger partial charge on any atom is -0.344 e. The molecule has 1 aliphatic carbocycles. The third kappa shape index (κ3) is 2.06. The summed E-state index contributed by atoms with van der Waals surface area (Å²) in [5.41, 5.74) is 0.618. The first-order chi connectivity index (χ1) is 8.70. The molecular formula is C15H19FO2. The molecule has 0 aromatic heterocycles. The lowest BCUT2D eigenvalue weighted by Gasteiger charge is -2.31. The maximum absolute atomic E-state index is 13.8. The van der Waals surface area contributed by atoms with E-state index in [1.807, 2.05) is 13.0 Å². The Kier molecular flexibility index (Phi) is 3.12. The van der Waals surface area contributed by atoms with Crippen LogP contribution in [0.3, 0.4) is 0 Å². The number of hydrogen-bond donors (Lipinski definition) is 0. The summed E-state index contributed by atoms with van der Waals surface area (Å²) in [5, 5.41) is 0. The highest BCUT2D eigenvalue weighted by Crippen LogP contribution is 2.46. The van der Waals surface area contributed by atoms with Gasteiger partial charge in [0.1, 0.15) is 11.9 Å². The molecule has 3 heteroatoms. The zero-order chi connectivity index (χ0) is 12.6. The lowest BCUT2D eigenvalue weighted by molar-refractivity contribution is -0.193. The normalized spacial score (nSPS) is 30.8. The summed E-state index contributed by atoms with van der Waals surface area (Å²) in [6.07, 6.45) is 5.02. The number of halogens is 1. The number of ether oxygens (including phenoxy) is 2. The van der Waals surface area contributed by atoms with Crippen LogP contribution in [-0.4, -0.2) is 11.9 Å². The molecule has 2 fully saturated rings. The largest absolute Gasteiger partial charge is 0.344 e. The summed E-state index contributed by atoms with van der Waals surface area (Å²) in [4.78, 5) is 0. The quantitative estimate of drug-likeness (QED) is 0.751. The van der Waals surface area contributed by atoms with E-state index in [-0.39, 0.29) is 18.0 Å². The van der Waals surface area contributed by atoms with E-state index in [1.165, 1.54) is 12.5 Å². The van der Waals surface area contributed by atoms with E-state index in [0.29, 0.717) is 5.56 Å². The van der Waals surface area contributed by atoms with Crippen molar-refractivity contribution in [2.45, 2.75) is 57.0 Å². The summed E-state index contributed by atoms with van der Waals surface area (Å²) in [7, 11) is 0. The molecule has 1 saturated carbocycles. The molecule has 0 amide bonds. The first kappa shape index (κ1) is 12.1. The molecule has 1 aliphatic heterocycles. The predicted molar refractivity (Wildman–Crippen MR) is 66.6 cm³/mol. The lowest BCUT2D eigenvalue weighted by atomic mass is 9.94. The van der Waals surface area contributed by atoms with Crippen molar-refractivity contribution in [1.29, 1.82) is 0 Å². The maximum atomic E-state index is 13.8. The average Bonchev–Trinajstić information content (AvgIpc) is 2.67. The van der Waals surface area contributed by atoms with Crippen molar-refractivity contribution in [3.05, 3.63) is 35.6 Å². The van der Waals surface area contributed by atoms with Crippen LogP contribution in [0.25, 0.3) is 0 Å². The van der Waals surface area contributed by atoms with Gasteiger partial charge in [0.15, 0.2) is 5.79 Å². The summed E-state index contributed by atoms with van der Waals surface area (Å²) in [6.45, 7) is 1.97. The number of benzene rings is 1. The van der Waals surface area contributed by atoms with Crippen LogP contribution in [0.15, 0.2) is 24.3 Å². The zero-order valence-corrected chi connectivity index (χ0v) is 10.7. The second-order valence-electron chi connectivity index (χ2n) is 5.35. The topological polar surface area (TPSA) is 18.5 Å². The van der Waals surface area contributed by atoms with Crippen LogP contribution < -0.4 is 0 Å². The standard InChI is InChI=1S/C15H19FO2/c1-11-14(12-7-3-4-8-13(12)16)18-15(17-11)9-5-2-6-10-15/h3-4,7-8,11,14H,2,5-6,9-10H2,1H3/t11-,14-/m0/s1. The van der Waals surface area contributed by atoms with E-state index < -0.39 is 5.79 Å². The summed E-state index contributed by atoms with van der Waals surface area (Å²) < 4.78 is 26.0. The fourth-order valence-corrected chi connectivity index (χ4v) is 3.10. The second kappa shape index (κ2) is 4.63. The summed E-state index contributed by atoms with van der Waals surface area (Å²) >= 11 is 0. The fraction of sp³-hybridized carbons (Fsp3) is 0.600. The molecule has 0 N–H and O–H groups in total. The van der Waals surface area contributed by atoms with Gasteiger partial charge in [0.05, 0.1) is 6.10 Å². The second-order valence-corrected chi connectivity index (χ2v) is 5.35. The molecule has 1 saturated heterocycles. The van der Waals surface area contributed by atoms with Crippen molar-refractivity contribution < 1.29 is 13.9 Å². The van der Waals surface area contributed by atoms with Crippen LogP contribution >= 0.6 is 0 Å². The highest BCUT2D eigenvalue weighted by Gasteiger charge is 2.47. The number of rotatable bonds is 1. The Morgan fingerprint density at radius 1 is 1.11 bits per heavy atom. The van der Waals surface area contributed by atoms with Gasteiger partial charge in [-0.1, -0.05) is 24.6 Å². The van der Waals surface area contributed by atoms with Crippen molar-refractivity contribution >= 4 is 0 Å². The molecule has 1 spiro atoms. The van der Waals surface area contributed by atoms with E-state index in [0.717, 1.165) is 25.7 Å². The van der Waals surface area contributed by atoms with Gasteiger partial charge in [-0.05, 0) is 25.8 Å². The van der Waals surface area contributed by atoms with Crippen LogP contribution in [0, 0.1) is 5.82 Å². The Hall–Kier alpha value is -0.930. The highest BCUT2D eigenvalue weighted by molar-refractivity contribution is 5.22. The summed E-state index contributed by atoms with van der Waals surface area (Å²) in [5.74, 6) is -0.657. The first-order valence-electron chi connectivity index (χ1n) is 6.80. The molecule has 0 radical (unpaired) electrons. The van der Waals surface area contributed by atoms with Crippen molar-refractivity contribution in [2.24, 2.45) is 0 Å². The van der Waals surface area contributed by atoms with Gasteiger partial charge in [0, 0.05) is 18.4 Å². The Balaban J connectivity index is 1.84. The van der Waals surface area contributed by atoms with Gasteiger partial charge in [-0.25, -0.2) is 4.39 Å². The van der Waals surface area contributed by atoms with Crippen LogP contribution in [0.4, 0.5) is 4.39 Å². The lowest BCUT2D eigenvalue weighted by Crippen LogP contribution is -2.33. The molecule has 0 bridgehead atoms. The van der Waals surface area contributed by atoms with Crippen molar-refractivity contribution in [3.8, 4) is 0 Å². The van der Waals surface area contributed by atoms with E-state index in [1.54, 1.807) is 12.1 Å². The Bertz CT molecular complexity index is 426. The molecule has 2 nitrogen and oxygen atoms in total. The molecule has 3 rings (SSSR count). The first-order valence-corrected chi connectivity index (χ1v) is 6.80. The van der Waals surface area contributed by atoms with Gasteiger partial charge in [0.2, 0.25) is 0 Å². The van der Waals surface area contributed by atoms with Crippen molar-refractivity contribution in [1.82, 2.24) is 0 Å². The Morgan fingerprint density at radius 3 is 2.56 bits per heavy atom. The zero-order valence-electron chi connectivity index (χ0n) is 10.7. The molecule has 2 aliphatic rings. The molecule has 2 atom stereocenters. The van der Waals surface area contributed by atoms with Gasteiger partial charge in [-0.2, -0.15) is 0 Å². The van der Waals surface area contributed by atoms with E-state index in [9.17, 15) is 4.39 Å². The molecule has 1 heterocycles. The highest BCUT2D eigenvalue weighted by atomic mass is 19.1. The van der Waals surface area contributed by atoms with Gasteiger partial charge < -0.3 is 9.47 Å². The monoisotopic (exact) mass is 250 g/mol. The smallest absolute Gasteiger partial charge is 0.169 e. The molecule has 1 aromatic rings. The Morgan fingerprint density at radius 2 is 1.83 bits per heavy atom. The molecule has 0 unspecified atom stereocenters. The molecular weight excluding hydrogens is 231 g/mol. The SMILES string of the molecule is C[C@@H]1OC2(CCCCC2)O[C@@H]1c1ccccc1F. The average molecular weight is 250 g/mol. The van der Waals surface area contributed by atoms with Crippen LogP contribution in [0.5, 0.6) is 0 Å². The van der Waals surface area contributed by atoms with Gasteiger partial charge >= 0.3 is 0 Å². The molecule has 98 valence electrons. The van der Waals surface area contributed by atoms with Gasteiger partial charge in [-0.15, -0.1) is 0 Å². The van der Waals surface area contributed by atoms with Gasteiger partial charge in [0.25, 0.3) is 0 Å². The fourth-order valence-electron chi connectivity index (χ4n) is 3.10. The minimum absolute atomic E-state index is 0.0833. The van der Waals surface area contributed by atoms with E-state index in [4.69, 9.17) is 9.47 Å². The minimum atomic E-state index is -0.454. The number of hydrogen-bond acceptors (Lipinski definition) is 2. The van der Waals surface area contributed by atoms with Crippen molar-refractivity contribution in [2.75, 3.05) is 0 Å².